The van der Waals surface area contributed by atoms with Crippen LogP contribution >= 0.6 is 0 Å². The summed E-state index contributed by atoms with van der Waals surface area (Å²) in [6.07, 6.45) is 1.74. The molecule has 4 heteroatoms. The van der Waals surface area contributed by atoms with Crippen molar-refractivity contribution in [3.63, 3.8) is 0 Å². The number of benzene rings is 1. The van der Waals surface area contributed by atoms with Crippen LogP contribution in [0.1, 0.15) is 48.7 Å². The lowest BCUT2D eigenvalue weighted by molar-refractivity contribution is 0.367. The maximum Gasteiger partial charge on any atom is 0.211 e. The van der Waals surface area contributed by atoms with Crippen LogP contribution in [0.4, 0.5) is 0 Å². The molecule has 1 aromatic heterocycles. The molecule has 20 heavy (non-hydrogen) atoms. The Hall–Kier alpha value is -1.81. The highest BCUT2D eigenvalue weighted by molar-refractivity contribution is 5.38. The van der Waals surface area contributed by atoms with Crippen molar-refractivity contribution in [3.8, 4) is 5.75 Å². The Bertz CT molecular complexity index is 578. The van der Waals surface area contributed by atoms with E-state index in [1.807, 2.05) is 19.9 Å². The number of oxazole rings is 1. The van der Waals surface area contributed by atoms with Crippen molar-refractivity contribution in [1.82, 2.24) is 10.3 Å². The molecule has 2 atom stereocenters. The molecule has 0 bridgehead atoms. The van der Waals surface area contributed by atoms with Gasteiger partial charge in [0.2, 0.25) is 5.89 Å². The minimum Gasteiger partial charge on any atom is -0.496 e. The summed E-state index contributed by atoms with van der Waals surface area (Å²) in [5.41, 5.74) is 2.36. The standard InChI is InChI=1S/C16H22N2O2/c1-10-6-7-15(19-5)14(8-10)12(3)18-13(4)16-17-9-11(2)20-16/h6-9,12-13,18H,1-5H3. The molecule has 108 valence electrons. The number of hydrogen-bond donors (Lipinski definition) is 1. The Kier molecular flexibility index (Phi) is 4.45. The van der Waals surface area contributed by atoms with Crippen LogP contribution in [0.2, 0.25) is 0 Å². The topological polar surface area (TPSA) is 47.3 Å². The number of nitrogens with one attached hydrogen (secondary N) is 1. The predicted molar refractivity (Wildman–Crippen MR) is 78.9 cm³/mol. The zero-order valence-corrected chi connectivity index (χ0v) is 12.7. The van der Waals surface area contributed by atoms with Crippen molar-refractivity contribution in [2.24, 2.45) is 0 Å². The Morgan fingerprint density at radius 1 is 1.20 bits per heavy atom. The second-order valence-electron chi connectivity index (χ2n) is 5.16. The van der Waals surface area contributed by atoms with Gasteiger partial charge < -0.3 is 9.15 Å². The molecule has 4 nitrogen and oxygen atoms in total. The Morgan fingerprint density at radius 2 is 1.95 bits per heavy atom. The Labute approximate surface area is 120 Å². The molecule has 0 radical (unpaired) electrons. The van der Waals surface area contributed by atoms with Gasteiger partial charge in [-0.3, -0.25) is 5.32 Å². The molecular formula is C16H22N2O2. The van der Waals surface area contributed by atoms with Crippen LogP contribution in [0.5, 0.6) is 5.75 Å². The molecule has 2 unspecified atom stereocenters. The Balaban J connectivity index is 2.15. The van der Waals surface area contributed by atoms with Gasteiger partial charge in [-0.05, 0) is 33.8 Å². The Morgan fingerprint density at radius 3 is 2.55 bits per heavy atom. The van der Waals surface area contributed by atoms with Gasteiger partial charge in [0.05, 0.1) is 19.3 Å². The molecule has 0 fully saturated rings. The molecule has 0 aliphatic carbocycles. The number of ether oxygens (including phenoxy) is 1. The van der Waals surface area contributed by atoms with Crippen molar-refractivity contribution in [2.45, 2.75) is 39.8 Å². The smallest absolute Gasteiger partial charge is 0.211 e. The zero-order valence-electron chi connectivity index (χ0n) is 12.7. The minimum absolute atomic E-state index is 0.0453. The van der Waals surface area contributed by atoms with Gasteiger partial charge in [0, 0.05) is 11.6 Å². The molecule has 0 saturated heterocycles. The van der Waals surface area contributed by atoms with E-state index in [-0.39, 0.29) is 12.1 Å². The van der Waals surface area contributed by atoms with E-state index in [0.717, 1.165) is 17.1 Å². The molecule has 0 aliphatic heterocycles. The van der Waals surface area contributed by atoms with Crippen LogP contribution in [-0.2, 0) is 0 Å². The van der Waals surface area contributed by atoms with Gasteiger partial charge in [-0.15, -0.1) is 0 Å². The van der Waals surface area contributed by atoms with E-state index in [9.17, 15) is 0 Å². The molecule has 0 amide bonds. The molecular weight excluding hydrogens is 252 g/mol. The average Bonchev–Trinajstić information content (AvgIpc) is 2.85. The first-order valence-electron chi connectivity index (χ1n) is 6.84. The first-order chi connectivity index (χ1) is 9.51. The number of hydrogen-bond acceptors (Lipinski definition) is 4. The second-order valence-corrected chi connectivity index (χ2v) is 5.16. The molecule has 0 saturated carbocycles. The zero-order chi connectivity index (χ0) is 14.7. The van der Waals surface area contributed by atoms with Gasteiger partial charge in [0.15, 0.2) is 0 Å². The predicted octanol–water partition coefficient (Wildman–Crippen LogP) is 3.71. The van der Waals surface area contributed by atoms with Crippen LogP contribution in [0.3, 0.4) is 0 Å². The first kappa shape index (κ1) is 14.6. The summed E-state index contributed by atoms with van der Waals surface area (Å²) in [5.74, 6) is 2.43. The van der Waals surface area contributed by atoms with Crippen LogP contribution in [0.15, 0.2) is 28.8 Å². The molecule has 1 heterocycles. The fourth-order valence-corrected chi connectivity index (χ4v) is 2.30. The molecule has 2 aromatic rings. The third kappa shape index (κ3) is 3.20. The number of methoxy groups -OCH3 is 1. The summed E-state index contributed by atoms with van der Waals surface area (Å²) in [7, 11) is 1.70. The maximum atomic E-state index is 5.56. The van der Waals surface area contributed by atoms with Crippen LogP contribution in [0, 0.1) is 13.8 Å². The van der Waals surface area contributed by atoms with Gasteiger partial charge in [-0.1, -0.05) is 17.7 Å². The van der Waals surface area contributed by atoms with Gasteiger partial charge >= 0.3 is 0 Å². The second kappa shape index (κ2) is 6.09. The lowest BCUT2D eigenvalue weighted by atomic mass is 10.0. The van der Waals surface area contributed by atoms with E-state index in [4.69, 9.17) is 9.15 Å². The van der Waals surface area contributed by atoms with Crippen LogP contribution in [-0.4, -0.2) is 12.1 Å². The fourth-order valence-electron chi connectivity index (χ4n) is 2.30. The minimum atomic E-state index is 0.0453. The third-order valence-electron chi connectivity index (χ3n) is 3.36. The third-order valence-corrected chi connectivity index (χ3v) is 3.36. The molecule has 1 aromatic carbocycles. The summed E-state index contributed by atoms with van der Waals surface area (Å²) in [6.45, 7) is 8.14. The van der Waals surface area contributed by atoms with Gasteiger partial charge in [-0.25, -0.2) is 4.98 Å². The fraction of sp³-hybridized carbons (Fsp3) is 0.438. The van der Waals surface area contributed by atoms with Crippen LogP contribution < -0.4 is 10.1 Å². The van der Waals surface area contributed by atoms with E-state index >= 15 is 0 Å². The molecule has 0 aliphatic rings. The highest BCUT2D eigenvalue weighted by atomic mass is 16.5. The number of aryl methyl sites for hydroxylation is 2. The average molecular weight is 274 g/mol. The summed E-state index contributed by atoms with van der Waals surface area (Å²) < 4.78 is 11.0. The lowest BCUT2D eigenvalue weighted by Crippen LogP contribution is -2.23. The SMILES string of the molecule is COc1ccc(C)cc1C(C)NC(C)c1ncc(C)o1. The van der Waals surface area contributed by atoms with E-state index in [1.54, 1.807) is 13.3 Å². The summed E-state index contributed by atoms with van der Waals surface area (Å²) in [6, 6.07) is 6.39. The van der Waals surface area contributed by atoms with Crippen molar-refractivity contribution in [2.75, 3.05) is 7.11 Å². The summed E-state index contributed by atoms with van der Waals surface area (Å²) in [5, 5.41) is 3.49. The largest absolute Gasteiger partial charge is 0.496 e. The highest BCUT2D eigenvalue weighted by Crippen LogP contribution is 2.28. The first-order valence-corrected chi connectivity index (χ1v) is 6.84. The maximum absolute atomic E-state index is 5.56. The van der Waals surface area contributed by atoms with Crippen molar-refractivity contribution in [3.05, 3.63) is 47.2 Å². The van der Waals surface area contributed by atoms with Crippen LogP contribution in [0.25, 0.3) is 0 Å². The van der Waals surface area contributed by atoms with Gasteiger partial charge in [0.1, 0.15) is 11.5 Å². The summed E-state index contributed by atoms with van der Waals surface area (Å²) in [4.78, 5) is 4.26. The number of aromatic nitrogens is 1. The quantitative estimate of drug-likeness (QED) is 0.903. The monoisotopic (exact) mass is 274 g/mol. The highest BCUT2D eigenvalue weighted by Gasteiger charge is 2.17. The van der Waals surface area contributed by atoms with E-state index in [0.29, 0.717) is 5.89 Å². The molecule has 1 N–H and O–H groups in total. The van der Waals surface area contributed by atoms with E-state index in [2.05, 4.69) is 36.3 Å². The van der Waals surface area contributed by atoms with Crippen molar-refractivity contribution >= 4 is 0 Å². The van der Waals surface area contributed by atoms with E-state index in [1.165, 1.54) is 5.56 Å². The van der Waals surface area contributed by atoms with Gasteiger partial charge in [0.25, 0.3) is 0 Å². The number of nitrogens with zero attached hydrogens (tertiary/aromatic N) is 1. The molecule has 0 spiro atoms. The van der Waals surface area contributed by atoms with E-state index < -0.39 is 0 Å². The summed E-state index contributed by atoms with van der Waals surface area (Å²) >= 11 is 0. The number of rotatable bonds is 5. The molecule has 2 rings (SSSR count). The van der Waals surface area contributed by atoms with Crippen molar-refractivity contribution < 1.29 is 9.15 Å². The van der Waals surface area contributed by atoms with Crippen molar-refractivity contribution in [1.29, 1.82) is 0 Å². The van der Waals surface area contributed by atoms with Gasteiger partial charge in [-0.2, -0.15) is 0 Å². The normalized spacial score (nSPS) is 14.1. The lowest BCUT2D eigenvalue weighted by Gasteiger charge is -2.20.